The summed E-state index contributed by atoms with van der Waals surface area (Å²) in [7, 11) is 2.48. The molecule has 0 fully saturated rings. The lowest BCUT2D eigenvalue weighted by molar-refractivity contribution is -0.139. The molecule has 0 aliphatic carbocycles. The first-order valence-electron chi connectivity index (χ1n) is 7.78. The van der Waals surface area contributed by atoms with Crippen LogP contribution in [0.5, 0.6) is 0 Å². The van der Waals surface area contributed by atoms with Gasteiger partial charge in [0.15, 0.2) is 0 Å². The molecule has 2 aliphatic heterocycles. The number of fused-ring (bicyclic) bond motifs is 1. The Bertz CT molecular complexity index is 870. The Morgan fingerprint density at radius 2 is 1.88 bits per heavy atom. The molecule has 0 unspecified atom stereocenters. The number of carbonyl (C=O) groups excluding carboxylic acids is 3. The summed E-state index contributed by atoms with van der Waals surface area (Å²) >= 11 is 0. The van der Waals surface area contributed by atoms with Crippen LogP contribution >= 0.6 is 0 Å². The van der Waals surface area contributed by atoms with Crippen molar-refractivity contribution >= 4 is 29.3 Å². The normalized spacial score (nSPS) is 15.6. The number of benzene rings is 1. The Balaban J connectivity index is 2.19. The zero-order valence-electron chi connectivity index (χ0n) is 14.2. The molecule has 26 heavy (non-hydrogen) atoms. The molecule has 2 N–H and O–H groups in total. The van der Waals surface area contributed by atoms with Crippen LogP contribution in [0.1, 0.15) is 5.56 Å². The average molecular weight is 355 g/mol. The van der Waals surface area contributed by atoms with Crippen molar-refractivity contribution < 1.29 is 23.9 Å². The zero-order valence-corrected chi connectivity index (χ0v) is 14.2. The third kappa shape index (κ3) is 3.04. The molecule has 8 heteroatoms. The average Bonchev–Trinajstić information content (AvgIpc) is 2.88. The number of esters is 2. The number of urea groups is 1. The summed E-state index contributed by atoms with van der Waals surface area (Å²) < 4.78 is 9.69. The van der Waals surface area contributed by atoms with Crippen LogP contribution in [-0.4, -0.2) is 32.2 Å². The Hall–Kier alpha value is -3.55. The van der Waals surface area contributed by atoms with Crippen molar-refractivity contribution in [1.29, 1.82) is 0 Å². The van der Waals surface area contributed by atoms with Crippen molar-refractivity contribution in [2.24, 2.45) is 0 Å². The number of carbonyl (C=O) groups is 3. The molecular formula is C18H17N3O5. The number of hydrogen-bond donors (Lipinski definition) is 2. The molecule has 0 aromatic heterocycles. The molecule has 0 spiro atoms. The van der Waals surface area contributed by atoms with E-state index in [0.717, 1.165) is 5.56 Å². The van der Waals surface area contributed by atoms with Gasteiger partial charge in [0.25, 0.3) is 0 Å². The summed E-state index contributed by atoms with van der Waals surface area (Å²) in [5.41, 5.74) is 2.10. The Kier molecular flexibility index (Phi) is 4.74. The highest BCUT2D eigenvalue weighted by molar-refractivity contribution is 6.06. The van der Waals surface area contributed by atoms with Crippen molar-refractivity contribution in [2.75, 3.05) is 24.4 Å². The van der Waals surface area contributed by atoms with Crippen LogP contribution in [-0.2, 0) is 25.6 Å². The number of nitrogens with one attached hydrogen (secondary N) is 2. The summed E-state index contributed by atoms with van der Waals surface area (Å²) in [6.07, 6.45) is 6.45. The summed E-state index contributed by atoms with van der Waals surface area (Å²) in [4.78, 5) is 37.8. The lowest BCUT2D eigenvalue weighted by Crippen LogP contribution is -2.35. The number of hydrogen-bond acceptors (Lipinski definition) is 6. The van der Waals surface area contributed by atoms with Gasteiger partial charge in [-0.3, -0.25) is 0 Å². The van der Waals surface area contributed by atoms with Crippen LogP contribution < -0.4 is 15.5 Å². The minimum absolute atomic E-state index is 0.0228. The van der Waals surface area contributed by atoms with Crippen LogP contribution in [0.25, 0.3) is 0 Å². The van der Waals surface area contributed by atoms with Crippen molar-refractivity contribution in [3.63, 3.8) is 0 Å². The molecule has 8 nitrogen and oxygen atoms in total. The van der Waals surface area contributed by atoms with Gasteiger partial charge < -0.3 is 25.0 Å². The fraction of sp³-hybridized carbons (Fsp3) is 0.167. The molecular weight excluding hydrogens is 338 g/mol. The molecule has 0 radical (unpaired) electrons. The molecule has 1 aromatic carbocycles. The van der Waals surface area contributed by atoms with E-state index in [0.29, 0.717) is 11.4 Å². The van der Waals surface area contributed by atoms with Crippen LogP contribution in [0.15, 0.2) is 53.9 Å². The van der Waals surface area contributed by atoms with E-state index in [2.05, 4.69) is 10.6 Å². The van der Waals surface area contributed by atoms with E-state index in [1.807, 2.05) is 0 Å². The first kappa shape index (κ1) is 17.3. The third-order valence-corrected chi connectivity index (χ3v) is 3.97. The molecule has 0 bridgehead atoms. The molecule has 0 saturated carbocycles. The van der Waals surface area contributed by atoms with E-state index < -0.39 is 11.9 Å². The smallest absolute Gasteiger partial charge is 0.355 e. The molecule has 134 valence electrons. The zero-order chi connectivity index (χ0) is 18.7. The lowest BCUT2D eigenvalue weighted by Gasteiger charge is -2.28. The van der Waals surface area contributed by atoms with Gasteiger partial charge in [0, 0.05) is 24.0 Å². The SMILES string of the molecule is COC(=O)C1=C(C(=O)OC)N(c2cccc3c2CNC(=O)N3)C=CC=C1. The van der Waals surface area contributed by atoms with Gasteiger partial charge in [-0.25, -0.2) is 14.4 Å². The van der Waals surface area contributed by atoms with Gasteiger partial charge >= 0.3 is 18.0 Å². The molecule has 1 aromatic rings. The van der Waals surface area contributed by atoms with Crippen molar-refractivity contribution in [1.82, 2.24) is 5.32 Å². The van der Waals surface area contributed by atoms with Crippen molar-refractivity contribution in [2.45, 2.75) is 6.54 Å². The number of anilines is 2. The Morgan fingerprint density at radius 3 is 2.62 bits per heavy atom. The minimum Gasteiger partial charge on any atom is -0.465 e. The van der Waals surface area contributed by atoms with Crippen LogP contribution in [0.2, 0.25) is 0 Å². The van der Waals surface area contributed by atoms with Gasteiger partial charge in [-0.05, 0) is 24.3 Å². The highest BCUT2D eigenvalue weighted by Crippen LogP contribution is 2.34. The van der Waals surface area contributed by atoms with Gasteiger partial charge in [-0.1, -0.05) is 12.1 Å². The molecule has 2 amide bonds. The first-order valence-corrected chi connectivity index (χ1v) is 7.78. The highest BCUT2D eigenvalue weighted by atomic mass is 16.5. The monoisotopic (exact) mass is 355 g/mol. The maximum Gasteiger partial charge on any atom is 0.355 e. The van der Waals surface area contributed by atoms with E-state index in [1.165, 1.54) is 20.3 Å². The molecule has 2 aliphatic rings. The summed E-state index contributed by atoms with van der Waals surface area (Å²) in [6, 6.07) is 4.99. The van der Waals surface area contributed by atoms with Gasteiger partial charge in [0.05, 0.1) is 25.5 Å². The highest BCUT2D eigenvalue weighted by Gasteiger charge is 2.29. The number of methoxy groups -OCH3 is 2. The van der Waals surface area contributed by atoms with E-state index in [-0.39, 0.29) is 23.8 Å². The maximum atomic E-state index is 12.5. The first-order chi connectivity index (χ1) is 12.6. The number of amides is 2. The minimum atomic E-state index is -0.688. The van der Waals surface area contributed by atoms with Crippen molar-refractivity contribution in [3.8, 4) is 0 Å². The number of rotatable bonds is 3. The number of ether oxygens (including phenoxy) is 2. The van der Waals surface area contributed by atoms with Crippen LogP contribution in [0.4, 0.5) is 16.2 Å². The fourth-order valence-electron chi connectivity index (χ4n) is 2.79. The predicted molar refractivity (Wildman–Crippen MR) is 94.1 cm³/mol. The van der Waals surface area contributed by atoms with Gasteiger partial charge in [-0.2, -0.15) is 0 Å². The van der Waals surface area contributed by atoms with E-state index in [9.17, 15) is 14.4 Å². The van der Waals surface area contributed by atoms with Crippen LogP contribution in [0.3, 0.4) is 0 Å². The largest absolute Gasteiger partial charge is 0.465 e. The second-order valence-electron chi connectivity index (χ2n) is 5.43. The summed E-state index contributed by atoms with van der Waals surface area (Å²) in [5.74, 6) is -1.35. The molecule has 2 heterocycles. The summed E-state index contributed by atoms with van der Waals surface area (Å²) in [6.45, 7) is 0.275. The maximum absolute atomic E-state index is 12.5. The second kappa shape index (κ2) is 7.14. The van der Waals surface area contributed by atoms with E-state index >= 15 is 0 Å². The molecule has 3 rings (SSSR count). The number of nitrogens with zero attached hydrogens (tertiary/aromatic N) is 1. The van der Waals surface area contributed by atoms with Gasteiger partial charge in [0.1, 0.15) is 5.70 Å². The molecule has 0 atom stereocenters. The lowest BCUT2D eigenvalue weighted by atomic mass is 10.1. The van der Waals surface area contributed by atoms with E-state index in [4.69, 9.17) is 9.47 Å². The topological polar surface area (TPSA) is 97.0 Å². The molecule has 0 saturated heterocycles. The fourth-order valence-corrected chi connectivity index (χ4v) is 2.79. The quantitative estimate of drug-likeness (QED) is 0.803. The standard InChI is InChI=1S/C18H17N3O5/c1-25-16(22)11-6-3-4-9-21(15(11)17(23)26-2)14-8-5-7-13-12(14)10-19-18(24)20-13/h3-9H,10H2,1-2H3,(H2,19,20,24). The van der Waals surface area contributed by atoms with E-state index in [1.54, 1.807) is 41.5 Å². The van der Waals surface area contributed by atoms with Crippen molar-refractivity contribution in [3.05, 3.63) is 59.5 Å². The Morgan fingerprint density at radius 1 is 1.12 bits per heavy atom. The van der Waals surface area contributed by atoms with Gasteiger partial charge in [-0.15, -0.1) is 0 Å². The van der Waals surface area contributed by atoms with Crippen LogP contribution in [0, 0.1) is 0 Å². The Labute approximate surface area is 149 Å². The second-order valence-corrected chi connectivity index (χ2v) is 5.43. The van der Waals surface area contributed by atoms with Gasteiger partial charge in [0.2, 0.25) is 0 Å². The third-order valence-electron chi connectivity index (χ3n) is 3.97. The summed E-state index contributed by atoms with van der Waals surface area (Å²) in [5, 5.41) is 5.41. The predicted octanol–water partition coefficient (Wildman–Crippen LogP) is 1.81. The number of allylic oxidation sites excluding steroid dienone is 2.